The summed E-state index contributed by atoms with van der Waals surface area (Å²) in [6.07, 6.45) is 6.70. The lowest BCUT2D eigenvalue weighted by molar-refractivity contribution is -0.137. The molecule has 0 heterocycles. The number of amides is 4. The summed E-state index contributed by atoms with van der Waals surface area (Å²) in [4.78, 5) is 35.5. The maximum atomic E-state index is 12.9. The van der Waals surface area contributed by atoms with Crippen LogP contribution >= 0.6 is 0 Å². The van der Waals surface area contributed by atoms with E-state index in [1.54, 1.807) is 0 Å². The van der Waals surface area contributed by atoms with Crippen LogP contribution in [0.4, 0.5) is 4.79 Å². The highest BCUT2D eigenvalue weighted by atomic mass is 16.5. The smallest absolute Gasteiger partial charge is 0.312 e. The van der Waals surface area contributed by atoms with Crippen LogP contribution in [0.2, 0.25) is 0 Å². The van der Waals surface area contributed by atoms with Crippen molar-refractivity contribution in [3.8, 4) is 0 Å². The summed E-state index contributed by atoms with van der Waals surface area (Å²) in [7, 11) is 0. The Bertz CT molecular complexity index is 760. The number of nitrogens with two attached hydrogens (primary N) is 1. The van der Waals surface area contributed by atoms with Gasteiger partial charge < -0.3 is 16.4 Å². The zero-order valence-electron chi connectivity index (χ0n) is 15.1. The van der Waals surface area contributed by atoms with E-state index in [0.717, 1.165) is 11.1 Å². The van der Waals surface area contributed by atoms with Gasteiger partial charge in [-0.05, 0) is 24.0 Å². The largest absolute Gasteiger partial charge is 0.352 e. The van der Waals surface area contributed by atoms with E-state index in [9.17, 15) is 14.4 Å². The van der Waals surface area contributed by atoms with E-state index in [1.165, 1.54) is 5.48 Å². The van der Waals surface area contributed by atoms with E-state index in [-0.39, 0.29) is 12.5 Å². The Kier molecular flexibility index (Phi) is 6.73. The van der Waals surface area contributed by atoms with Gasteiger partial charge >= 0.3 is 6.03 Å². The van der Waals surface area contributed by atoms with Crippen LogP contribution in [-0.4, -0.2) is 35.6 Å². The van der Waals surface area contributed by atoms with Crippen LogP contribution in [0.5, 0.6) is 0 Å². The average molecular weight is 372 g/mol. The Hall–Kier alpha value is -3.13. The van der Waals surface area contributed by atoms with Gasteiger partial charge in [0.25, 0.3) is 5.91 Å². The van der Waals surface area contributed by atoms with Gasteiger partial charge in [0, 0.05) is 6.54 Å². The minimum atomic E-state index is -1.15. The van der Waals surface area contributed by atoms with Crippen molar-refractivity contribution in [1.29, 1.82) is 0 Å². The number of benzene rings is 1. The van der Waals surface area contributed by atoms with Gasteiger partial charge in [0.2, 0.25) is 5.91 Å². The molecule has 27 heavy (non-hydrogen) atoms. The van der Waals surface area contributed by atoms with Crippen LogP contribution in [0.1, 0.15) is 25.3 Å². The second-order valence-electron chi connectivity index (χ2n) is 6.32. The molecule has 8 heteroatoms. The van der Waals surface area contributed by atoms with Crippen LogP contribution in [-0.2, 0) is 9.59 Å². The number of hydrogen-bond acceptors (Lipinski definition) is 4. The molecular formula is C19H24N4O4. The molecule has 0 aromatic heterocycles. The molecule has 1 unspecified atom stereocenters. The molecule has 1 aromatic rings. The number of nitrogens with one attached hydrogen (secondary N) is 3. The Morgan fingerprint density at radius 1 is 1.26 bits per heavy atom. The maximum absolute atomic E-state index is 12.9. The molecule has 1 aromatic carbocycles. The topological polar surface area (TPSA) is 134 Å². The normalized spacial score (nSPS) is 19.6. The van der Waals surface area contributed by atoms with Gasteiger partial charge in [0.05, 0.1) is 5.41 Å². The minimum absolute atomic E-state index is 0.234. The summed E-state index contributed by atoms with van der Waals surface area (Å²) in [5.74, 6) is -1.21. The maximum Gasteiger partial charge on any atom is 0.312 e. The van der Waals surface area contributed by atoms with Gasteiger partial charge in [-0.3, -0.25) is 14.8 Å². The number of carbonyl (C=O) groups is 3. The van der Waals surface area contributed by atoms with Crippen LogP contribution in [0.15, 0.2) is 48.6 Å². The predicted molar refractivity (Wildman–Crippen MR) is 100 cm³/mol. The lowest BCUT2D eigenvalue weighted by Crippen LogP contribution is -2.55. The van der Waals surface area contributed by atoms with Crippen molar-refractivity contribution < 1.29 is 19.6 Å². The fourth-order valence-corrected chi connectivity index (χ4v) is 2.91. The number of carbonyl (C=O) groups excluding carboxylic acids is 3. The van der Waals surface area contributed by atoms with Crippen LogP contribution in [0.3, 0.4) is 0 Å². The van der Waals surface area contributed by atoms with Gasteiger partial charge in [-0.15, -0.1) is 0 Å². The average Bonchev–Trinajstić information content (AvgIpc) is 2.70. The Labute approximate surface area is 157 Å². The first-order valence-corrected chi connectivity index (χ1v) is 8.65. The standard InChI is InChI=1S/C19H24N4O4/c1-2-19(10-8-14(9-11-19)13-6-4-3-5-7-13)17(25)22-15(16(24)23-27)12-21-18(20)26/h3-10,15,27H,2,11-12H2,1H3,(H,22,25)(H,23,24)(H3,20,21,26)/t15-,19?/m0/s1. The van der Waals surface area contributed by atoms with E-state index >= 15 is 0 Å². The number of allylic oxidation sites excluding steroid dienone is 3. The predicted octanol–water partition coefficient (Wildman–Crippen LogP) is 1.08. The molecule has 0 radical (unpaired) electrons. The summed E-state index contributed by atoms with van der Waals surface area (Å²) in [6.45, 7) is 1.65. The van der Waals surface area contributed by atoms with Gasteiger partial charge in [0.15, 0.2) is 0 Å². The highest BCUT2D eigenvalue weighted by Gasteiger charge is 2.37. The molecule has 6 N–H and O–H groups in total. The Morgan fingerprint density at radius 3 is 2.48 bits per heavy atom. The molecular weight excluding hydrogens is 348 g/mol. The van der Waals surface area contributed by atoms with Crippen molar-refractivity contribution in [2.24, 2.45) is 11.1 Å². The zero-order chi connectivity index (χ0) is 19.9. The molecule has 4 amide bonds. The van der Waals surface area contributed by atoms with Crippen molar-refractivity contribution in [1.82, 2.24) is 16.1 Å². The molecule has 144 valence electrons. The number of urea groups is 1. The summed E-state index contributed by atoms with van der Waals surface area (Å²) < 4.78 is 0. The van der Waals surface area contributed by atoms with E-state index in [1.807, 2.05) is 55.5 Å². The lowest BCUT2D eigenvalue weighted by atomic mass is 9.76. The third-order valence-electron chi connectivity index (χ3n) is 4.67. The SMILES string of the molecule is CCC1(C(=O)N[C@@H](CNC(N)=O)C(=O)NO)C=CC(c2ccccc2)=CC1. The number of hydroxylamine groups is 1. The monoisotopic (exact) mass is 372 g/mol. The molecule has 0 saturated heterocycles. The highest BCUT2D eigenvalue weighted by Crippen LogP contribution is 2.36. The fourth-order valence-electron chi connectivity index (χ4n) is 2.91. The van der Waals surface area contributed by atoms with Gasteiger partial charge in [0.1, 0.15) is 6.04 Å². The molecule has 2 rings (SSSR count). The molecule has 8 nitrogen and oxygen atoms in total. The molecule has 0 spiro atoms. The summed E-state index contributed by atoms with van der Waals surface area (Å²) in [6, 6.07) is 7.83. The van der Waals surface area contributed by atoms with Gasteiger partial charge in [-0.2, -0.15) is 0 Å². The molecule has 0 aliphatic heterocycles. The highest BCUT2D eigenvalue weighted by molar-refractivity contribution is 5.92. The van der Waals surface area contributed by atoms with Crippen molar-refractivity contribution in [2.45, 2.75) is 25.8 Å². The minimum Gasteiger partial charge on any atom is -0.352 e. The third kappa shape index (κ3) is 4.95. The van der Waals surface area contributed by atoms with Crippen molar-refractivity contribution in [2.75, 3.05) is 6.54 Å². The third-order valence-corrected chi connectivity index (χ3v) is 4.67. The summed E-state index contributed by atoms with van der Waals surface area (Å²) in [5, 5.41) is 13.7. The number of rotatable bonds is 7. The van der Waals surface area contributed by atoms with E-state index in [2.05, 4.69) is 10.6 Å². The second-order valence-corrected chi connectivity index (χ2v) is 6.32. The zero-order valence-corrected chi connectivity index (χ0v) is 15.1. The molecule has 1 aliphatic carbocycles. The lowest BCUT2D eigenvalue weighted by Gasteiger charge is -2.31. The molecule has 0 saturated carbocycles. The summed E-state index contributed by atoms with van der Waals surface area (Å²) in [5.41, 5.74) is 7.74. The first-order valence-electron chi connectivity index (χ1n) is 8.65. The fraction of sp³-hybridized carbons (Fsp3) is 0.316. The number of hydrogen-bond donors (Lipinski definition) is 5. The molecule has 0 fully saturated rings. The Morgan fingerprint density at radius 2 is 1.96 bits per heavy atom. The van der Waals surface area contributed by atoms with E-state index < -0.39 is 23.4 Å². The number of primary amides is 1. The Balaban J connectivity index is 2.13. The molecule has 1 aliphatic rings. The summed E-state index contributed by atoms with van der Waals surface area (Å²) >= 11 is 0. The van der Waals surface area contributed by atoms with Crippen molar-refractivity contribution >= 4 is 23.4 Å². The van der Waals surface area contributed by atoms with Crippen molar-refractivity contribution in [3.63, 3.8) is 0 Å². The van der Waals surface area contributed by atoms with Crippen LogP contribution in [0, 0.1) is 5.41 Å². The van der Waals surface area contributed by atoms with Gasteiger partial charge in [-0.25, -0.2) is 10.3 Å². The van der Waals surface area contributed by atoms with Gasteiger partial charge in [-0.1, -0.05) is 55.5 Å². The van der Waals surface area contributed by atoms with E-state index in [4.69, 9.17) is 10.9 Å². The quantitative estimate of drug-likeness (QED) is 0.362. The van der Waals surface area contributed by atoms with E-state index in [0.29, 0.717) is 12.8 Å². The van der Waals surface area contributed by atoms with Crippen molar-refractivity contribution in [3.05, 3.63) is 54.1 Å². The first-order chi connectivity index (χ1) is 12.9. The first kappa shape index (κ1) is 20.2. The molecule has 0 bridgehead atoms. The molecule has 2 atom stereocenters. The van der Waals surface area contributed by atoms with Crippen LogP contribution < -0.4 is 21.8 Å². The van der Waals surface area contributed by atoms with Crippen LogP contribution in [0.25, 0.3) is 5.57 Å². The second kappa shape index (κ2) is 9.00.